The topological polar surface area (TPSA) is 46.9 Å². The van der Waals surface area contributed by atoms with Gasteiger partial charge in [-0.1, -0.05) is 41.9 Å². The predicted octanol–water partition coefficient (Wildman–Crippen LogP) is 4.56. The van der Waals surface area contributed by atoms with Gasteiger partial charge in [0.1, 0.15) is 0 Å². The summed E-state index contributed by atoms with van der Waals surface area (Å²) in [6.07, 6.45) is 2.15. The van der Waals surface area contributed by atoms with E-state index in [1.165, 1.54) is 0 Å². The molecule has 0 spiro atoms. The van der Waals surface area contributed by atoms with Gasteiger partial charge in [0, 0.05) is 16.3 Å². The normalized spacial score (nSPS) is 12.0. The number of amides is 1. The first-order valence-corrected chi connectivity index (χ1v) is 8.98. The molecule has 3 rings (SSSR count). The van der Waals surface area contributed by atoms with Crippen LogP contribution in [0.5, 0.6) is 0 Å². The first-order valence-electron chi connectivity index (χ1n) is 8.60. The van der Waals surface area contributed by atoms with Crippen molar-refractivity contribution in [3.05, 3.63) is 82.1 Å². The van der Waals surface area contributed by atoms with Crippen molar-refractivity contribution in [3.8, 4) is 5.69 Å². The van der Waals surface area contributed by atoms with E-state index >= 15 is 0 Å². The van der Waals surface area contributed by atoms with E-state index in [9.17, 15) is 4.79 Å². The van der Waals surface area contributed by atoms with E-state index in [0.717, 1.165) is 28.1 Å². The molecule has 3 aromatic rings. The van der Waals surface area contributed by atoms with Crippen molar-refractivity contribution in [2.24, 2.45) is 0 Å². The predicted molar refractivity (Wildman–Crippen MR) is 105 cm³/mol. The first-order chi connectivity index (χ1) is 12.5. The fourth-order valence-electron chi connectivity index (χ4n) is 3.05. The number of hydrogen-bond donors (Lipinski definition) is 1. The van der Waals surface area contributed by atoms with Gasteiger partial charge < -0.3 is 5.32 Å². The molecule has 1 aromatic heterocycles. The maximum atomic E-state index is 12.4. The van der Waals surface area contributed by atoms with Crippen LogP contribution in [0.2, 0.25) is 5.02 Å². The minimum Gasteiger partial charge on any atom is -0.349 e. The van der Waals surface area contributed by atoms with E-state index in [1.807, 2.05) is 55.1 Å². The average Bonchev–Trinajstić information content (AvgIpc) is 2.99. The maximum absolute atomic E-state index is 12.4. The SMILES string of the molecule is Cc1ccccc1-n1ncc([C@@H](C)NC(=O)Cc2ccc(Cl)cc2)c1C. The molecule has 0 saturated heterocycles. The summed E-state index contributed by atoms with van der Waals surface area (Å²) in [4.78, 5) is 12.4. The molecule has 134 valence electrons. The van der Waals surface area contributed by atoms with Gasteiger partial charge in [0.2, 0.25) is 5.91 Å². The third kappa shape index (κ3) is 3.97. The number of carbonyl (C=O) groups excluding carboxylic acids is 1. The van der Waals surface area contributed by atoms with Gasteiger partial charge >= 0.3 is 0 Å². The van der Waals surface area contributed by atoms with Crippen molar-refractivity contribution < 1.29 is 4.79 Å². The van der Waals surface area contributed by atoms with Crippen LogP contribution in [0.4, 0.5) is 0 Å². The van der Waals surface area contributed by atoms with Crippen LogP contribution < -0.4 is 5.32 Å². The standard InChI is InChI=1S/C21H22ClN3O/c1-14-6-4-5-7-20(14)25-16(3)19(13-23-25)15(2)24-21(26)12-17-8-10-18(22)11-9-17/h4-11,13,15H,12H2,1-3H3,(H,24,26)/t15-/m1/s1. The van der Waals surface area contributed by atoms with Crippen LogP contribution >= 0.6 is 11.6 Å². The second-order valence-corrected chi connectivity index (χ2v) is 6.91. The molecule has 1 heterocycles. The highest BCUT2D eigenvalue weighted by molar-refractivity contribution is 6.30. The molecule has 2 aromatic carbocycles. The molecule has 0 saturated carbocycles. The summed E-state index contributed by atoms with van der Waals surface area (Å²) in [6.45, 7) is 6.07. The van der Waals surface area contributed by atoms with Crippen molar-refractivity contribution in [3.63, 3.8) is 0 Å². The molecular formula is C21H22ClN3O. The fraction of sp³-hybridized carbons (Fsp3) is 0.238. The smallest absolute Gasteiger partial charge is 0.224 e. The van der Waals surface area contributed by atoms with Crippen LogP contribution in [-0.4, -0.2) is 15.7 Å². The van der Waals surface area contributed by atoms with Gasteiger partial charge in [-0.3, -0.25) is 4.79 Å². The lowest BCUT2D eigenvalue weighted by Gasteiger charge is -2.15. The Labute approximate surface area is 158 Å². The number of halogens is 1. The molecule has 5 heteroatoms. The molecule has 1 amide bonds. The number of rotatable bonds is 5. The summed E-state index contributed by atoms with van der Waals surface area (Å²) >= 11 is 5.88. The van der Waals surface area contributed by atoms with Crippen molar-refractivity contribution in [2.75, 3.05) is 0 Å². The lowest BCUT2D eigenvalue weighted by Crippen LogP contribution is -2.28. The van der Waals surface area contributed by atoms with Crippen LogP contribution in [0.1, 0.15) is 35.3 Å². The summed E-state index contributed by atoms with van der Waals surface area (Å²) in [7, 11) is 0. The monoisotopic (exact) mass is 367 g/mol. The zero-order chi connectivity index (χ0) is 18.7. The van der Waals surface area contributed by atoms with Gasteiger partial charge in [-0.25, -0.2) is 4.68 Å². The third-order valence-corrected chi connectivity index (χ3v) is 4.77. The summed E-state index contributed by atoms with van der Waals surface area (Å²) in [5.41, 5.74) is 5.18. The van der Waals surface area contributed by atoms with Crippen LogP contribution in [0, 0.1) is 13.8 Å². The molecule has 1 atom stereocenters. The van der Waals surface area contributed by atoms with Crippen molar-refractivity contribution in [1.29, 1.82) is 0 Å². The third-order valence-electron chi connectivity index (χ3n) is 4.51. The van der Waals surface area contributed by atoms with Crippen LogP contribution in [-0.2, 0) is 11.2 Å². The molecule has 1 N–H and O–H groups in total. The van der Waals surface area contributed by atoms with Gasteiger partial charge in [0.15, 0.2) is 0 Å². The van der Waals surface area contributed by atoms with Gasteiger partial charge in [-0.2, -0.15) is 5.10 Å². The molecule has 0 aliphatic rings. The number of nitrogens with one attached hydrogen (secondary N) is 1. The number of para-hydroxylation sites is 1. The Kier molecular flexibility index (Phi) is 5.43. The number of nitrogens with zero attached hydrogens (tertiary/aromatic N) is 2. The van der Waals surface area contributed by atoms with E-state index in [-0.39, 0.29) is 11.9 Å². The lowest BCUT2D eigenvalue weighted by atomic mass is 10.1. The number of carbonyl (C=O) groups is 1. The van der Waals surface area contributed by atoms with Crippen LogP contribution in [0.3, 0.4) is 0 Å². The quantitative estimate of drug-likeness (QED) is 0.718. The Morgan fingerprint density at radius 3 is 2.54 bits per heavy atom. The largest absolute Gasteiger partial charge is 0.349 e. The Hall–Kier alpha value is -2.59. The summed E-state index contributed by atoms with van der Waals surface area (Å²) in [6, 6.07) is 15.3. The van der Waals surface area contributed by atoms with Crippen molar-refractivity contribution in [1.82, 2.24) is 15.1 Å². The molecule has 0 bridgehead atoms. The van der Waals surface area contributed by atoms with Crippen molar-refractivity contribution in [2.45, 2.75) is 33.2 Å². The fourth-order valence-corrected chi connectivity index (χ4v) is 3.18. The molecule has 0 aliphatic heterocycles. The first kappa shape index (κ1) is 18.2. The number of aryl methyl sites for hydroxylation is 1. The van der Waals surface area contributed by atoms with Crippen LogP contribution in [0.25, 0.3) is 5.69 Å². The molecule has 0 radical (unpaired) electrons. The van der Waals surface area contributed by atoms with E-state index in [1.54, 1.807) is 12.1 Å². The maximum Gasteiger partial charge on any atom is 0.224 e. The number of aromatic nitrogens is 2. The second-order valence-electron chi connectivity index (χ2n) is 6.48. The van der Waals surface area contributed by atoms with Gasteiger partial charge in [0.25, 0.3) is 0 Å². The molecule has 0 unspecified atom stereocenters. The Bertz CT molecular complexity index is 915. The van der Waals surface area contributed by atoms with E-state index < -0.39 is 0 Å². The zero-order valence-electron chi connectivity index (χ0n) is 15.2. The summed E-state index contributed by atoms with van der Waals surface area (Å²) < 4.78 is 1.92. The lowest BCUT2D eigenvalue weighted by molar-refractivity contribution is -0.121. The van der Waals surface area contributed by atoms with E-state index in [0.29, 0.717) is 11.4 Å². The summed E-state index contributed by atoms with van der Waals surface area (Å²) in [5.74, 6) is -0.0251. The van der Waals surface area contributed by atoms with Gasteiger partial charge in [0.05, 0.1) is 24.3 Å². The highest BCUT2D eigenvalue weighted by atomic mass is 35.5. The highest BCUT2D eigenvalue weighted by Crippen LogP contribution is 2.22. The van der Waals surface area contributed by atoms with Crippen LogP contribution in [0.15, 0.2) is 54.7 Å². The minimum atomic E-state index is -0.118. The van der Waals surface area contributed by atoms with E-state index in [4.69, 9.17) is 11.6 Å². The Morgan fingerprint density at radius 1 is 1.15 bits per heavy atom. The Balaban J connectivity index is 1.72. The van der Waals surface area contributed by atoms with Gasteiger partial charge in [-0.15, -0.1) is 0 Å². The molecule has 26 heavy (non-hydrogen) atoms. The number of hydrogen-bond acceptors (Lipinski definition) is 2. The Morgan fingerprint density at radius 2 is 1.85 bits per heavy atom. The highest BCUT2D eigenvalue weighted by Gasteiger charge is 2.17. The zero-order valence-corrected chi connectivity index (χ0v) is 15.9. The van der Waals surface area contributed by atoms with Crippen molar-refractivity contribution >= 4 is 17.5 Å². The molecule has 0 fully saturated rings. The van der Waals surface area contributed by atoms with E-state index in [2.05, 4.69) is 23.4 Å². The average molecular weight is 368 g/mol. The number of benzene rings is 2. The second kappa shape index (κ2) is 7.75. The summed E-state index contributed by atoms with van der Waals surface area (Å²) in [5, 5.41) is 8.24. The molecular weight excluding hydrogens is 346 g/mol. The van der Waals surface area contributed by atoms with Gasteiger partial charge in [-0.05, 0) is 50.1 Å². The molecule has 4 nitrogen and oxygen atoms in total. The minimum absolute atomic E-state index is 0.0251. The molecule has 0 aliphatic carbocycles.